The van der Waals surface area contributed by atoms with Crippen molar-refractivity contribution in [3.8, 4) is 0 Å². The molecule has 1 heterocycles. The van der Waals surface area contributed by atoms with Gasteiger partial charge in [-0.05, 0) is 26.2 Å². The maximum absolute atomic E-state index is 9.99. The molecule has 0 amide bonds. The maximum atomic E-state index is 9.99. The second-order valence-corrected chi connectivity index (χ2v) is 6.98. The lowest BCUT2D eigenvalue weighted by atomic mass is 9.94. The Bertz CT molecular complexity index is 320. The third-order valence-electron chi connectivity index (χ3n) is 4.46. The summed E-state index contributed by atoms with van der Waals surface area (Å²) in [5.74, 6) is 0.669. The summed E-state index contributed by atoms with van der Waals surface area (Å²) in [6, 6.07) is 0. The van der Waals surface area contributed by atoms with Gasteiger partial charge in [0.05, 0.1) is 12.2 Å². The lowest BCUT2D eigenvalue weighted by Crippen LogP contribution is -2.60. The Hall–Kier alpha value is -0.240. The molecule has 0 bridgehead atoms. The summed E-state index contributed by atoms with van der Waals surface area (Å²) in [7, 11) is 0. The normalized spacial score (nSPS) is 34.6. The summed E-state index contributed by atoms with van der Waals surface area (Å²) in [5, 5.41) is 38.7. The molecule has 1 aliphatic rings. The number of aliphatic hydroxyl groups excluding tert-OH is 4. The number of hydrogen-bond donors (Lipinski definition) is 4. The molecule has 6 unspecified atom stereocenters. The highest BCUT2D eigenvalue weighted by Gasteiger charge is 2.45. The van der Waals surface area contributed by atoms with Gasteiger partial charge in [0.15, 0.2) is 6.29 Å². The molecule has 0 aromatic heterocycles. The Kier molecular flexibility index (Phi) is 7.71. The van der Waals surface area contributed by atoms with E-state index in [4.69, 9.17) is 9.47 Å². The van der Waals surface area contributed by atoms with E-state index in [-0.39, 0.29) is 0 Å². The van der Waals surface area contributed by atoms with E-state index in [0.29, 0.717) is 5.92 Å². The van der Waals surface area contributed by atoms with E-state index in [1.807, 2.05) is 13.8 Å². The molecule has 1 saturated heterocycles. The average Bonchev–Trinajstić information content (AvgIpc) is 2.47. The van der Waals surface area contributed by atoms with E-state index in [0.717, 1.165) is 25.7 Å². The van der Waals surface area contributed by atoms with Gasteiger partial charge in [-0.1, -0.05) is 33.1 Å². The molecule has 6 atom stereocenters. The van der Waals surface area contributed by atoms with Gasteiger partial charge in [-0.15, -0.1) is 0 Å². The molecule has 22 heavy (non-hydrogen) atoms. The van der Waals surface area contributed by atoms with E-state index in [2.05, 4.69) is 13.8 Å². The van der Waals surface area contributed by atoms with Crippen molar-refractivity contribution in [2.75, 3.05) is 6.61 Å². The van der Waals surface area contributed by atoms with Crippen LogP contribution in [0.2, 0.25) is 0 Å². The highest BCUT2D eigenvalue weighted by atomic mass is 16.7. The molecule has 4 N–H and O–H groups in total. The van der Waals surface area contributed by atoms with Crippen LogP contribution in [0.4, 0.5) is 0 Å². The molecule has 0 saturated carbocycles. The van der Waals surface area contributed by atoms with Gasteiger partial charge in [-0.3, -0.25) is 0 Å². The third-order valence-corrected chi connectivity index (χ3v) is 4.46. The Labute approximate surface area is 133 Å². The maximum Gasteiger partial charge on any atom is 0.187 e. The largest absolute Gasteiger partial charge is 0.394 e. The van der Waals surface area contributed by atoms with Crippen LogP contribution in [0.15, 0.2) is 0 Å². The van der Waals surface area contributed by atoms with Crippen molar-refractivity contribution in [2.45, 2.75) is 89.7 Å². The fourth-order valence-corrected chi connectivity index (χ4v) is 2.62. The smallest absolute Gasteiger partial charge is 0.187 e. The second-order valence-electron chi connectivity index (χ2n) is 6.98. The van der Waals surface area contributed by atoms with Crippen LogP contribution in [0.3, 0.4) is 0 Å². The molecule has 1 rings (SSSR count). The van der Waals surface area contributed by atoms with Crippen molar-refractivity contribution >= 4 is 0 Å². The molecule has 0 spiro atoms. The minimum atomic E-state index is -1.40. The van der Waals surface area contributed by atoms with E-state index >= 15 is 0 Å². The fourth-order valence-electron chi connectivity index (χ4n) is 2.62. The van der Waals surface area contributed by atoms with Crippen molar-refractivity contribution in [3.63, 3.8) is 0 Å². The van der Waals surface area contributed by atoms with E-state index in [9.17, 15) is 20.4 Å². The van der Waals surface area contributed by atoms with Gasteiger partial charge in [0, 0.05) is 0 Å². The van der Waals surface area contributed by atoms with Crippen LogP contribution in [0, 0.1) is 5.92 Å². The average molecular weight is 320 g/mol. The SMILES string of the molecule is CCC(C)CCCC(C)(C)OC1OC(CO)C(O)C(O)C1O. The monoisotopic (exact) mass is 320 g/mol. The Morgan fingerprint density at radius 3 is 2.32 bits per heavy atom. The van der Waals surface area contributed by atoms with Gasteiger partial charge < -0.3 is 29.9 Å². The minimum Gasteiger partial charge on any atom is -0.394 e. The van der Waals surface area contributed by atoms with Crippen molar-refractivity contribution in [1.82, 2.24) is 0 Å². The summed E-state index contributed by atoms with van der Waals surface area (Å²) in [5.41, 5.74) is -0.527. The van der Waals surface area contributed by atoms with E-state index in [1.165, 1.54) is 0 Å². The molecule has 6 nitrogen and oxygen atoms in total. The lowest BCUT2D eigenvalue weighted by Gasteiger charge is -2.42. The van der Waals surface area contributed by atoms with E-state index < -0.39 is 42.9 Å². The summed E-state index contributed by atoms with van der Waals surface area (Å²) in [6.45, 7) is 7.75. The second kappa shape index (κ2) is 8.57. The summed E-state index contributed by atoms with van der Waals surface area (Å²) in [6.07, 6.45) is -2.03. The predicted octanol–water partition coefficient (Wildman–Crippen LogP) is 0.798. The summed E-state index contributed by atoms with van der Waals surface area (Å²) < 4.78 is 11.2. The van der Waals surface area contributed by atoms with Crippen molar-refractivity contribution in [3.05, 3.63) is 0 Å². The van der Waals surface area contributed by atoms with Crippen molar-refractivity contribution in [1.29, 1.82) is 0 Å². The van der Waals surface area contributed by atoms with Gasteiger partial charge in [0.2, 0.25) is 0 Å². The van der Waals surface area contributed by atoms with E-state index in [1.54, 1.807) is 0 Å². The Balaban J connectivity index is 2.55. The number of rotatable bonds is 8. The van der Waals surface area contributed by atoms with Crippen molar-refractivity contribution in [2.24, 2.45) is 5.92 Å². The van der Waals surface area contributed by atoms with Crippen molar-refractivity contribution < 1.29 is 29.9 Å². The molecule has 0 radical (unpaired) electrons. The highest BCUT2D eigenvalue weighted by Crippen LogP contribution is 2.28. The van der Waals surface area contributed by atoms with Crippen LogP contribution < -0.4 is 0 Å². The molecule has 1 fully saturated rings. The van der Waals surface area contributed by atoms with Crippen LogP contribution in [0.5, 0.6) is 0 Å². The molecule has 6 heteroatoms. The lowest BCUT2D eigenvalue weighted by molar-refractivity contribution is -0.323. The molecule has 0 aliphatic carbocycles. The van der Waals surface area contributed by atoms with Gasteiger partial charge in [-0.25, -0.2) is 0 Å². The standard InChI is InChI=1S/C16H32O6/c1-5-10(2)7-6-8-16(3,4)22-15-14(20)13(19)12(18)11(9-17)21-15/h10-15,17-20H,5-9H2,1-4H3. The van der Waals surface area contributed by atoms with Crippen LogP contribution in [0.25, 0.3) is 0 Å². The van der Waals surface area contributed by atoms with Crippen LogP contribution in [0.1, 0.15) is 53.4 Å². The molecule has 0 aromatic rings. The highest BCUT2D eigenvalue weighted by molar-refractivity contribution is 4.90. The van der Waals surface area contributed by atoms with Crippen LogP contribution >= 0.6 is 0 Å². The molecule has 132 valence electrons. The Morgan fingerprint density at radius 1 is 1.14 bits per heavy atom. The first-order valence-electron chi connectivity index (χ1n) is 8.20. The quantitative estimate of drug-likeness (QED) is 0.528. The predicted molar refractivity (Wildman–Crippen MR) is 82.2 cm³/mol. The first-order chi connectivity index (χ1) is 10.2. The van der Waals surface area contributed by atoms with Crippen LogP contribution in [-0.4, -0.2) is 63.3 Å². The summed E-state index contributed by atoms with van der Waals surface area (Å²) in [4.78, 5) is 0. The zero-order valence-corrected chi connectivity index (χ0v) is 14.1. The third kappa shape index (κ3) is 5.44. The zero-order chi connectivity index (χ0) is 16.9. The van der Waals surface area contributed by atoms with Gasteiger partial charge in [-0.2, -0.15) is 0 Å². The number of aliphatic hydroxyl groups is 4. The van der Waals surface area contributed by atoms with Gasteiger partial charge >= 0.3 is 0 Å². The zero-order valence-electron chi connectivity index (χ0n) is 14.1. The number of hydrogen-bond acceptors (Lipinski definition) is 6. The molecular weight excluding hydrogens is 288 g/mol. The van der Waals surface area contributed by atoms with Gasteiger partial charge in [0.25, 0.3) is 0 Å². The molecule has 0 aromatic carbocycles. The topological polar surface area (TPSA) is 99.4 Å². The first-order valence-corrected chi connectivity index (χ1v) is 8.20. The summed E-state index contributed by atoms with van der Waals surface area (Å²) >= 11 is 0. The molecular formula is C16H32O6. The van der Waals surface area contributed by atoms with Crippen LogP contribution in [-0.2, 0) is 9.47 Å². The molecule has 1 aliphatic heterocycles. The van der Waals surface area contributed by atoms with Gasteiger partial charge in [0.1, 0.15) is 24.4 Å². The Morgan fingerprint density at radius 2 is 1.77 bits per heavy atom. The fraction of sp³-hybridized carbons (Fsp3) is 1.00. The first kappa shape index (κ1) is 19.8. The number of ether oxygens (including phenoxy) is 2. The minimum absolute atomic E-state index is 0.445.